The van der Waals surface area contributed by atoms with Gasteiger partial charge in [0.05, 0.1) is 18.9 Å². The second-order valence-corrected chi connectivity index (χ2v) is 5.57. The van der Waals surface area contributed by atoms with Gasteiger partial charge in [0, 0.05) is 0 Å². The predicted octanol–water partition coefficient (Wildman–Crippen LogP) is 0.860. The molecule has 3 rings (SSSR count). The number of carboxylic acids is 1. The summed E-state index contributed by atoms with van der Waals surface area (Å²) >= 11 is 0. The van der Waals surface area contributed by atoms with Crippen molar-refractivity contribution in [3.8, 4) is 11.5 Å². The smallest absolute Gasteiger partial charge is 0.522 e. The molecule has 0 amide bonds. The zero-order valence-electron chi connectivity index (χ0n) is 12.2. The summed E-state index contributed by atoms with van der Waals surface area (Å²) in [6.45, 7) is 2.83. The molecular formula is C14H17BN2O5. The zero-order chi connectivity index (χ0) is 15.9. The number of aromatic carboxylic acids is 1. The summed E-state index contributed by atoms with van der Waals surface area (Å²) in [5, 5.41) is 26.6. The Morgan fingerprint density at radius 2 is 2.23 bits per heavy atom. The highest BCUT2D eigenvalue weighted by Gasteiger charge is 2.33. The van der Waals surface area contributed by atoms with Crippen LogP contribution in [0.4, 0.5) is 0 Å². The summed E-state index contributed by atoms with van der Waals surface area (Å²) in [5.74, 6) is -0.230. The van der Waals surface area contributed by atoms with Gasteiger partial charge < -0.3 is 24.4 Å². The molecule has 7 nitrogen and oxygen atoms in total. The van der Waals surface area contributed by atoms with E-state index in [-0.39, 0.29) is 23.2 Å². The van der Waals surface area contributed by atoms with E-state index in [0.717, 1.165) is 5.56 Å². The number of ether oxygens (including phenoxy) is 1. The van der Waals surface area contributed by atoms with E-state index < -0.39 is 13.1 Å². The molecule has 1 aromatic carbocycles. The van der Waals surface area contributed by atoms with Crippen LogP contribution in [0.1, 0.15) is 22.8 Å². The number of fused-ring (bicyclic) bond motifs is 1. The lowest BCUT2D eigenvalue weighted by Gasteiger charge is -2.40. The average molecular weight is 304 g/mol. The summed E-state index contributed by atoms with van der Waals surface area (Å²) in [4.78, 5) is 13.4. The summed E-state index contributed by atoms with van der Waals surface area (Å²) < 4.78 is 11.1. The fourth-order valence-electron chi connectivity index (χ4n) is 2.68. The van der Waals surface area contributed by atoms with Crippen LogP contribution < -0.4 is 9.39 Å². The number of benzene rings is 1. The fraction of sp³-hybridized carbons (Fsp3) is 0.429. The van der Waals surface area contributed by atoms with Crippen LogP contribution >= 0.6 is 0 Å². The summed E-state index contributed by atoms with van der Waals surface area (Å²) in [5.41, 5.74) is 0.724. The van der Waals surface area contributed by atoms with E-state index >= 15 is 0 Å². The number of hydrogen-bond donors (Lipinski definition) is 3. The molecule has 0 atom stereocenters. The molecule has 1 fully saturated rings. The first kappa shape index (κ1) is 14.7. The van der Waals surface area contributed by atoms with Crippen LogP contribution in [0, 0.1) is 5.41 Å². The molecule has 0 saturated carbocycles. The van der Waals surface area contributed by atoms with Crippen molar-refractivity contribution in [2.45, 2.75) is 25.8 Å². The molecule has 0 radical (unpaired) electrons. The number of nitrogens with zero attached hydrogens (tertiary/aromatic N) is 1. The summed E-state index contributed by atoms with van der Waals surface area (Å²) in [6, 6.07) is 3.42. The molecule has 116 valence electrons. The van der Waals surface area contributed by atoms with Crippen LogP contribution in [0.5, 0.6) is 11.5 Å². The first-order valence-electron chi connectivity index (χ1n) is 7.16. The third-order valence-corrected chi connectivity index (χ3v) is 3.95. The molecular weight excluding hydrogens is 287 g/mol. The molecule has 8 heteroatoms. The lowest BCUT2D eigenvalue weighted by molar-refractivity contribution is 0.0593. The van der Waals surface area contributed by atoms with Gasteiger partial charge in [0.2, 0.25) is 0 Å². The quantitative estimate of drug-likeness (QED) is 0.435. The van der Waals surface area contributed by atoms with Gasteiger partial charge >= 0.3 is 13.1 Å². The number of nitrogens with one attached hydrogen (secondary N) is 1. The Balaban J connectivity index is 1.84. The molecule has 2 aliphatic rings. The monoisotopic (exact) mass is 304 g/mol. The summed E-state index contributed by atoms with van der Waals surface area (Å²) in [6.07, 6.45) is 0.869. The predicted molar refractivity (Wildman–Crippen MR) is 79.9 cm³/mol. The van der Waals surface area contributed by atoms with Crippen LogP contribution in [-0.4, -0.2) is 53.1 Å². The molecule has 2 aliphatic heterocycles. The first-order valence-corrected chi connectivity index (χ1v) is 7.16. The minimum absolute atomic E-state index is 0.0405. The maximum Gasteiger partial charge on any atom is 0.522 e. The molecule has 1 saturated heterocycles. The van der Waals surface area contributed by atoms with Gasteiger partial charge in [-0.25, -0.2) is 4.79 Å². The number of carboxylic acid groups (broad SMARTS) is 1. The minimum Gasteiger partial charge on any atom is -0.535 e. The third kappa shape index (κ3) is 2.61. The molecule has 2 heterocycles. The maximum atomic E-state index is 11.6. The van der Waals surface area contributed by atoms with Gasteiger partial charge in [-0.2, -0.15) is 0 Å². The van der Waals surface area contributed by atoms with Gasteiger partial charge in [-0.1, -0.05) is 6.07 Å². The van der Waals surface area contributed by atoms with Crippen molar-refractivity contribution in [2.24, 2.45) is 0 Å². The van der Waals surface area contributed by atoms with Crippen molar-refractivity contribution < 1.29 is 24.3 Å². The number of likely N-dealkylation sites (tertiary alicyclic amines) is 1. The van der Waals surface area contributed by atoms with Crippen LogP contribution in [-0.2, 0) is 6.42 Å². The third-order valence-electron chi connectivity index (χ3n) is 3.95. The molecule has 0 bridgehead atoms. The molecule has 0 aromatic heterocycles. The van der Waals surface area contributed by atoms with E-state index in [4.69, 9.17) is 14.8 Å². The molecule has 0 aliphatic carbocycles. The van der Waals surface area contributed by atoms with Crippen LogP contribution in [0.3, 0.4) is 0 Å². The van der Waals surface area contributed by atoms with E-state index in [2.05, 4.69) is 0 Å². The van der Waals surface area contributed by atoms with Crippen molar-refractivity contribution >= 4 is 18.9 Å². The van der Waals surface area contributed by atoms with Crippen LogP contribution in [0.25, 0.3) is 0 Å². The molecule has 3 N–H and O–H groups in total. The van der Waals surface area contributed by atoms with E-state index in [0.29, 0.717) is 31.7 Å². The lowest BCUT2D eigenvalue weighted by atomic mass is 9.78. The topological polar surface area (TPSA) is 103 Å². The minimum atomic E-state index is -1.14. The highest BCUT2D eigenvalue weighted by atomic mass is 16.5. The van der Waals surface area contributed by atoms with E-state index in [1.165, 1.54) is 0 Å². The van der Waals surface area contributed by atoms with Crippen molar-refractivity contribution in [2.75, 3.05) is 13.1 Å². The highest BCUT2D eigenvalue weighted by Crippen LogP contribution is 2.37. The number of hydrogen-bond acceptors (Lipinski definition) is 5. The zero-order valence-corrected chi connectivity index (χ0v) is 12.2. The summed E-state index contributed by atoms with van der Waals surface area (Å²) in [7, 11) is -0.986. The number of amidine groups is 1. The Morgan fingerprint density at radius 1 is 1.50 bits per heavy atom. The van der Waals surface area contributed by atoms with Gasteiger partial charge in [-0.15, -0.1) is 0 Å². The standard InChI is InChI=1S/C14H17BN2O5/c1-8(16)17-6-10(7-17)21-11-3-2-9-4-5-15(20)22-13(9)12(11)14(18)19/h2-3,10,16,20H,4-7H2,1H3,(H,18,19). The van der Waals surface area contributed by atoms with Gasteiger partial charge in [0.15, 0.2) is 0 Å². The Bertz CT molecular complexity index is 630. The molecule has 1 aromatic rings. The first-order chi connectivity index (χ1) is 10.5. The highest BCUT2D eigenvalue weighted by molar-refractivity contribution is 6.44. The van der Waals surface area contributed by atoms with Gasteiger partial charge in [-0.3, -0.25) is 5.41 Å². The van der Waals surface area contributed by atoms with Crippen molar-refractivity contribution in [1.82, 2.24) is 4.90 Å². The normalized spacial score (nSPS) is 17.4. The van der Waals surface area contributed by atoms with E-state index in [9.17, 15) is 14.9 Å². The number of carbonyl (C=O) groups is 1. The average Bonchev–Trinajstić information content (AvgIpc) is 2.40. The Morgan fingerprint density at radius 3 is 2.86 bits per heavy atom. The van der Waals surface area contributed by atoms with Crippen LogP contribution in [0.15, 0.2) is 12.1 Å². The molecule has 0 spiro atoms. The van der Waals surface area contributed by atoms with Crippen molar-refractivity contribution in [3.05, 3.63) is 23.3 Å². The van der Waals surface area contributed by atoms with Gasteiger partial charge in [-0.05, 0) is 31.3 Å². The Kier molecular flexibility index (Phi) is 3.70. The van der Waals surface area contributed by atoms with Gasteiger partial charge in [0.25, 0.3) is 0 Å². The van der Waals surface area contributed by atoms with Crippen molar-refractivity contribution in [1.29, 1.82) is 5.41 Å². The fourth-order valence-corrected chi connectivity index (χ4v) is 2.68. The van der Waals surface area contributed by atoms with Crippen LogP contribution in [0.2, 0.25) is 6.32 Å². The number of rotatable bonds is 3. The second-order valence-electron chi connectivity index (χ2n) is 5.57. The molecule has 0 unspecified atom stereocenters. The van der Waals surface area contributed by atoms with E-state index in [1.54, 1.807) is 19.1 Å². The Labute approximate surface area is 128 Å². The SMILES string of the molecule is CC(=N)N1CC(Oc2ccc3c(c2C(=O)O)OB(O)CC3)C1. The van der Waals surface area contributed by atoms with Crippen molar-refractivity contribution in [3.63, 3.8) is 0 Å². The Hall–Kier alpha value is -2.22. The van der Waals surface area contributed by atoms with Gasteiger partial charge in [0.1, 0.15) is 23.2 Å². The largest absolute Gasteiger partial charge is 0.535 e. The molecule has 22 heavy (non-hydrogen) atoms. The second kappa shape index (κ2) is 5.53. The number of aryl methyl sites for hydroxylation is 1. The maximum absolute atomic E-state index is 11.6. The lowest BCUT2D eigenvalue weighted by Crippen LogP contribution is -2.55. The van der Waals surface area contributed by atoms with E-state index in [1.807, 2.05) is 4.90 Å².